The quantitative estimate of drug-likeness (QED) is 0.417. The Hall–Kier alpha value is -3.00. The van der Waals surface area contributed by atoms with Crippen molar-refractivity contribution in [1.82, 2.24) is 9.97 Å². The number of para-hydroxylation sites is 2. The minimum absolute atomic E-state index is 0.0216. The van der Waals surface area contributed by atoms with E-state index in [9.17, 15) is 14.9 Å². The first-order chi connectivity index (χ1) is 12.5. The summed E-state index contributed by atoms with van der Waals surface area (Å²) in [6.45, 7) is 3.46. The summed E-state index contributed by atoms with van der Waals surface area (Å²) in [7, 11) is 0. The maximum atomic E-state index is 12.2. The molecular formula is C18H16N4O3S. The second-order valence-electron chi connectivity index (χ2n) is 5.65. The van der Waals surface area contributed by atoms with Crippen LogP contribution in [0.2, 0.25) is 0 Å². The zero-order chi connectivity index (χ0) is 18.7. The van der Waals surface area contributed by atoms with E-state index in [0.717, 1.165) is 16.7 Å². The number of carbonyl (C=O) groups is 1. The Balaban J connectivity index is 1.71. The van der Waals surface area contributed by atoms with Crippen LogP contribution in [0.15, 0.2) is 47.5 Å². The molecule has 0 bridgehead atoms. The summed E-state index contributed by atoms with van der Waals surface area (Å²) in [5, 5.41) is 14.4. The number of aromatic nitrogens is 2. The third-order valence-electron chi connectivity index (χ3n) is 3.82. The van der Waals surface area contributed by atoms with Crippen LogP contribution >= 0.6 is 11.8 Å². The SMILES string of the molecule is Cc1nc2ccccc2nc1SCC(=O)Nc1cccc([N+](=O)[O-])c1C. The third-order valence-corrected chi connectivity index (χ3v) is 4.88. The van der Waals surface area contributed by atoms with Crippen LogP contribution in [0, 0.1) is 24.0 Å². The van der Waals surface area contributed by atoms with Crippen molar-refractivity contribution < 1.29 is 9.72 Å². The lowest BCUT2D eigenvalue weighted by atomic mass is 10.1. The van der Waals surface area contributed by atoms with Crippen LogP contribution in [0.1, 0.15) is 11.3 Å². The average molecular weight is 368 g/mol. The molecule has 0 unspecified atom stereocenters. The molecule has 0 aliphatic rings. The minimum atomic E-state index is -0.465. The summed E-state index contributed by atoms with van der Waals surface area (Å²) in [5.74, 6) is -0.122. The number of aryl methyl sites for hydroxylation is 1. The van der Waals surface area contributed by atoms with Gasteiger partial charge >= 0.3 is 0 Å². The smallest absolute Gasteiger partial charge is 0.274 e. The number of anilines is 1. The van der Waals surface area contributed by atoms with E-state index in [2.05, 4.69) is 15.3 Å². The highest BCUT2D eigenvalue weighted by atomic mass is 32.2. The summed E-state index contributed by atoms with van der Waals surface area (Å²) in [5.41, 5.74) is 3.19. The molecule has 0 atom stereocenters. The number of carbonyl (C=O) groups excluding carboxylic acids is 1. The van der Waals surface area contributed by atoms with Crippen molar-refractivity contribution in [3.05, 3.63) is 63.8 Å². The van der Waals surface area contributed by atoms with Crippen molar-refractivity contribution in [2.45, 2.75) is 18.9 Å². The fourth-order valence-electron chi connectivity index (χ4n) is 2.49. The fraction of sp³-hybridized carbons (Fsp3) is 0.167. The Bertz CT molecular complexity index is 1010. The molecule has 1 aromatic heterocycles. The largest absolute Gasteiger partial charge is 0.325 e. The molecule has 0 spiro atoms. The van der Waals surface area contributed by atoms with Crippen molar-refractivity contribution in [3.8, 4) is 0 Å². The number of fused-ring (bicyclic) bond motifs is 1. The second kappa shape index (κ2) is 7.49. The van der Waals surface area contributed by atoms with Crippen LogP contribution in [0.5, 0.6) is 0 Å². The molecule has 1 heterocycles. The van der Waals surface area contributed by atoms with Crippen LogP contribution in [-0.4, -0.2) is 26.6 Å². The van der Waals surface area contributed by atoms with E-state index in [1.807, 2.05) is 31.2 Å². The Morgan fingerprint density at radius 2 is 1.81 bits per heavy atom. The van der Waals surface area contributed by atoms with Gasteiger partial charge in [-0.1, -0.05) is 30.0 Å². The predicted molar refractivity (Wildman–Crippen MR) is 101 cm³/mol. The van der Waals surface area contributed by atoms with E-state index in [-0.39, 0.29) is 17.3 Å². The predicted octanol–water partition coefficient (Wildman–Crippen LogP) is 3.89. The Kier molecular flexibility index (Phi) is 5.13. The third kappa shape index (κ3) is 3.80. The normalized spacial score (nSPS) is 10.7. The number of nitrogens with zero attached hydrogens (tertiary/aromatic N) is 3. The highest BCUT2D eigenvalue weighted by Gasteiger charge is 2.15. The first-order valence-electron chi connectivity index (χ1n) is 7.86. The van der Waals surface area contributed by atoms with Gasteiger partial charge in [-0.05, 0) is 32.0 Å². The summed E-state index contributed by atoms with van der Waals surface area (Å²) >= 11 is 1.29. The molecule has 7 nitrogen and oxygen atoms in total. The molecular weight excluding hydrogens is 352 g/mol. The zero-order valence-corrected chi connectivity index (χ0v) is 15.0. The number of thioether (sulfide) groups is 1. The van der Waals surface area contributed by atoms with Crippen molar-refractivity contribution in [3.63, 3.8) is 0 Å². The summed E-state index contributed by atoms with van der Waals surface area (Å²) < 4.78 is 0. The number of nitro groups is 1. The molecule has 2 aromatic carbocycles. The van der Waals surface area contributed by atoms with Crippen molar-refractivity contribution in [1.29, 1.82) is 0 Å². The molecule has 0 aliphatic heterocycles. The molecule has 0 radical (unpaired) electrons. The standard InChI is InChI=1S/C18H16N4O3S/c1-11-13(8-5-9-16(11)22(24)25)20-17(23)10-26-18-12(2)19-14-6-3-4-7-15(14)21-18/h3-9H,10H2,1-2H3,(H,20,23). The lowest BCUT2D eigenvalue weighted by Gasteiger charge is -2.09. The molecule has 8 heteroatoms. The molecule has 0 fully saturated rings. The van der Waals surface area contributed by atoms with Crippen LogP contribution in [0.25, 0.3) is 11.0 Å². The van der Waals surface area contributed by atoms with Gasteiger partial charge in [0.1, 0.15) is 5.03 Å². The second-order valence-corrected chi connectivity index (χ2v) is 6.61. The first-order valence-corrected chi connectivity index (χ1v) is 8.84. The zero-order valence-electron chi connectivity index (χ0n) is 14.2. The fourth-order valence-corrected chi connectivity index (χ4v) is 3.24. The highest BCUT2D eigenvalue weighted by Crippen LogP contribution is 2.26. The topological polar surface area (TPSA) is 98.0 Å². The van der Waals surface area contributed by atoms with E-state index in [4.69, 9.17) is 0 Å². The van der Waals surface area contributed by atoms with Crippen molar-refractivity contribution in [2.75, 3.05) is 11.1 Å². The van der Waals surface area contributed by atoms with Crippen molar-refractivity contribution in [2.24, 2.45) is 0 Å². The number of hydrogen-bond donors (Lipinski definition) is 1. The molecule has 3 rings (SSSR count). The molecule has 132 valence electrons. The Morgan fingerprint density at radius 1 is 1.12 bits per heavy atom. The maximum Gasteiger partial charge on any atom is 0.274 e. The molecule has 1 amide bonds. The molecule has 3 aromatic rings. The van der Waals surface area contributed by atoms with Gasteiger partial charge in [0.05, 0.1) is 38.7 Å². The van der Waals surface area contributed by atoms with Crippen LogP contribution < -0.4 is 5.32 Å². The Morgan fingerprint density at radius 3 is 2.50 bits per heavy atom. The lowest BCUT2D eigenvalue weighted by Crippen LogP contribution is -2.15. The number of hydrogen-bond acceptors (Lipinski definition) is 6. The maximum absolute atomic E-state index is 12.2. The lowest BCUT2D eigenvalue weighted by molar-refractivity contribution is -0.385. The van der Waals surface area contributed by atoms with Gasteiger partial charge in [0.15, 0.2) is 0 Å². The van der Waals surface area contributed by atoms with Gasteiger partial charge in [-0.15, -0.1) is 0 Å². The molecule has 0 saturated carbocycles. The van der Waals surface area contributed by atoms with Gasteiger partial charge < -0.3 is 5.32 Å². The number of benzene rings is 2. The van der Waals surface area contributed by atoms with E-state index in [1.165, 1.54) is 17.8 Å². The molecule has 0 saturated heterocycles. The van der Waals surface area contributed by atoms with Crippen LogP contribution in [0.4, 0.5) is 11.4 Å². The van der Waals surface area contributed by atoms with Crippen molar-refractivity contribution >= 4 is 40.1 Å². The summed E-state index contributed by atoms with van der Waals surface area (Å²) in [6, 6.07) is 12.2. The van der Waals surface area contributed by atoms with Gasteiger partial charge in [-0.3, -0.25) is 14.9 Å². The van der Waals surface area contributed by atoms with Gasteiger partial charge in [0, 0.05) is 6.07 Å². The number of nitro benzene ring substituents is 1. The van der Waals surface area contributed by atoms with Crippen LogP contribution in [-0.2, 0) is 4.79 Å². The Labute approximate surface area is 154 Å². The first kappa shape index (κ1) is 17.8. The average Bonchev–Trinajstić information content (AvgIpc) is 2.61. The summed E-state index contributed by atoms with van der Waals surface area (Å²) in [6.07, 6.45) is 0. The monoisotopic (exact) mass is 368 g/mol. The van der Waals surface area contributed by atoms with E-state index in [1.54, 1.807) is 19.1 Å². The van der Waals surface area contributed by atoms with Gasteiger partial charge in [0.2, 0.25) is 5.91 Å². The molecule has 26 heavy (non-hydrogen) atoms. The van der Waals surface area contributed by atoms with E-state index < -0.39 is 4.92 Å². The van der Waals surface area contributed by atoms with Crippen LogP contribution in [0.3, 0.4) is 0 Å². The van der Waals surface area contributed by atoms with E-state index >= 15 is 0 Å². The molecule has 1 N–H and O–H groups in total. The van der Waals surface area contributed by atoms with Gasteiger partial charge in [0.25, 0.3) is 5.69 Å². The summed E-state index contributed by atoms with van der Waals surface area (Å²) in [4.78, 5) is 31.8. The minimum Gasteiger partial charge on any atom is -0.325 e. The number of amides is 1. The van der Waals surface area contributed by atoms with Gasteiger partial charge in [-0.25, -0.2) is 9.97 Å². The van der Waals surface area contributed by atoms with Gasteiger partial charge in [-0.2, -0.15) is 0 Å². The number of rotatable bonds is 5. The molecule has 0 aliphatic carbocycles. The highest BCUT2D eigenvalue weighted by molar-refractivity contribution is 8.00. The number of nitrogens with one attached hydrogen (secondary N) is 1. The van der Waals surface area contributed by atoms with E-state index in [0.29, 0.717) is 16.3 Å².